The van der Waals surface area contributed by atoms with E-state index >= 15 is 0 Å². The average Bonchev–Trinajstić information content (AvgIpc) is 2.73. The van der Waals surface area contributed by atoms with Gasteiger partial charge in [0.2, 0.25) is 5.91 Å². The maximum atomic E-state index is 11.1. The summed E-state index contributed by atoms with van der Waals surface area (Å²) in [4.78, 5) is 13.4. The minimum atomic E-state index is -0.0123. The van der Waals surface area contributed by atoms with E-state index in [1.807, 2.05) is 6.92 Å². The van der Waals surface area contributed by atoms with Gasteiger partial charge in [-0.1, -0.05) is 6.07 Å². The Balaban J connectivity index is 2.23. The average molecular weight is 218 g/mol. The monoisotopic (exact) mass is 218 g/mol. The Morgan fingerprint density at radius 3 is 2.62 bits per heavy atom. The number of nitrogens with zero attached hydrogens (tertiary/aromatic N) is 1. The molecule has 2 rings (SSSR count). The summed E-state index contributed by atoms with van der Waals surface area (Å²) in [5.41, 5.74) is 3.25. The molecule has 3 nitrogen and oxygen atoms in total. The van der Waals surface area contributed by atoms with Crippen molar-refractivity contribution in [3.05, 3.63) is 23.8 Å². The van der Waals surface area contributed by atoms with Crippen LogP contribution in [0.4, 0.5) is 11.4 Å². The molecular weight excluding hydrogens is 200 g/mol. The van der Waals surface area contributed by atoms with Crippen LogP contribution in [-0.4, -0.2) is 19.0 Å². The molecule has 1 aliphatic heterocycles. The lowest BCUT2D eigenvalue weighted by molar-refractivity contribution is -0.114. The zero-order valence-corrected chi connectivity index (χ0v) is 9.92. The van der Waals surface area contributed by atoms with E-state index in [-0.39, 0.29) is 5.91 Å². The van der Waals surface area contributed by atoms with Crippen LogP contribution in [0.1, 0.15) is 25.3 Å². The lowest BCUT2D eigenvalue weighted by Crippen LogP contribution is -2.18. The highest BCUT2D eigenvalue weighted by Gasteiger charge is 2.13. The topological polar surface area (TPSA) is 32.3 Å². The molecule has 0 atom stereocenters. The van der Waals surface area contributed by atoms with Crippen LogP contribution in [-0.2, 0) is 4.79 Å². The van der Waals surface area contributed by atoms with Gasteiger partial charge in [0, 0.05) is 31.4 Å². The molecule has 1 aliphatic rings. The van der Waals surface area contributed by atoms with Crippen LogP contribution in [0.25, 0.3) is 0 Å². The molecule has 1 amide bonds. The molecule has 1 aromatic rings. The van der Waals surface area contributed by atoms with Gasteiger partial charge in [0.15, 0.2) is 0 Å². The molecule has 86 valence electrons. The molecular formula is C13H18N2O. The summed E-state index contributed by atoms with van der Waals surface area (Å²) >= 11 is 0. The number of aryl methyl sites for hydroxylation is 1. The number of hydrogen-bond acceptors (Lipinski definition) is 2. The Bertz CT molecular complexity index is 395. The van der Waals surface area contributed by atoms with Crippen LogP contribution in [0.2, 0.25) is 0 Å². The van der Waals surface area contributed by atoms with E-state index in [0.29, 0.717) is 0 Å². The molecule has 0 bridgehead atoms. The van der Waals surface area contributed by atoms with E-state index in [4.69, 9.17) is 0 Å². The molecule has 1 N–H and O–H groups in total. The number of anilines is 2. The maximum absolute atomic E-state index is 11.1. The molecule has 1 aromatic carbocycles. The first-order valence-corrected chi connectivity index (χ1v) is 5.80. The van der Waals surface area contributed by atoms with Crippen molar-refractivity contribution in [3.8, 4) is 0 Å². The molecule has 1 heterocycles. The van der Waals surface area contributed by atoms with E-state index in [9.17, 15) is 4.79 Å². The normalized spacial score (nSPS) is 15.2. The van der Waals surface area contributed by atoms with Crippen LogP contribution < -0.4 is 10.2 Å². The fraction of sp³-hybridized carbons (Fsp3) is 0.462. The number of rotatable bonds is 2. The largest absolute Gasteiger partial charge is 0.371 e. The van der Waals surface area contributed by atoms with Gasteiger partial charge in [0.25, 0.3) is 0 Å². The van der Waals surface area contributed by atoms with Crippen molar-refractivity contribution in [3.63, 3.8) is 0 Å². The number of carbonyl (C=O) groups excluding carboxylic acids is 1. The van der Waals surface area contributed by atoms with Crippen molar-refractivity contribution in [2.75, 3.05) is 23.3 Å². The number of nitrogens with one attached hydrogen (secondary N) is 1. The van der Waals surface area contributed by atoms with Gasteiger partial charge in [-0.25, -0.2) is 0 Å². The lowest BCUT2D eigenvalue weighted by Gasteiger charge is -2.19. The molecule has 0 aromatic heterocycles. The van der Waals surface area contributed by atoms with Gasteiger partial charge in [0.1, 0.15) is 0 Å². The minimum Gasteiger partial charge on any atom is -0.371 e. The van der Waals surface area contributed by atoms with Crippen molar-refractivity contribution >= 4 is 17.3 Å². The quantitative estimate of drug-likeness (QED) is 0.827. The Kier molecular flexibility index (Phi) is 3.13. The zero-order valence-electron chi connectivity index (χ0n) is 9.92. The van der Waals surface area contributed by atoms with Gasteiger partial charge in [0.05, 0.1) is 0 Å². The summed E-state index contributed by atoms with van der Waals surface area (Å²) in [6, 6.07) is 6.27. The zero-order chi connectivity index (χ0) is 11.5. The summed E-state index contributed by atoms with van der Waals surface area (Å²) in [7, 11) is 0. The van der Waals surface area contributed by atoms with Gasteiger partial charge >= 0.3 is 0 Å². The van der Waals surface area contributed by atoms with E-state index in [0.717, 1.165) is 24.3 Å². The van der Waals surface area contributed by atoms with Gasteiger partial charge in [-0.05, 0) is 37.5 Å². The first-order valence-electron chi connectivity index (χ1n) is 5.80. The predicted octanol–water partition coefficient (Wildman–Crippen LogP) is 2.55. The highest BCUT2D eigenvalue weighted by Crippen LogP contribution is 2.25. The molecule has 3 heteroatoms. The van der Waals surface area contributed by atoms with Gasteiger partial charge in [-0.3, -0.25) is 4.79 Å². The number of hydrogen-bond donors (Lipinski definition) is 1. The van der Waals surface area contributed by atoms with Crippen LogP contribution >= 0.6 is 0 Å². The second-order valence-electron chi connectivity index (χ2n) is 4.37. The molecule has 0 unspecified atom stereocenters. The Labute approximate surface area is 96.5 Å². The third kappa shape index (κ3) is 2.35. The van der Waals surface area contributed by atoms with Crippen LogP contribution in [0, 0.1) is 6.92 Å². The molecule has 1 fully saturated rings. The SMILES string of the molecule is CC(=O)Nc1cc(N2CCCC2)ccc1C. The molecule has 0 saturated carbocycles. The van der Waals surface area contributed by atoms with E-state index < -0.39 is 0 Å². The third-order valence-electron chi connectivity index (χ3n) is 3.00. The fourth-order valence-corrected chi connectivity index (χ4v) is 2.11. The molecule has 1 saturated heterocycles. The van der Waals surface area contributed by atoms with Crippen molar-refractivity contribution in [2.45, 2.75) is 26.7 Å². The highest BCUT2D eigenvalue weighted by molar-refractivity contribution is 5.90. The Morgan fingerprint density at radius 1 is 1.31 bits per heavy atom. The van der Waals surface area contributed by atoms with Gasteiger partial charge in [-0.2, -0.15) is 0 Å². The minimum absolute atomic E-state index is 0.0123. The van der Waals surface area contributed by atoms with Crippen LogP contribution in [0.15, 0.2) is 18.2 Å². The highest BCUT2D eigenvalue weighted by atomic mass is 16.1. The molecule has 16 heavy (non-hydrogen) atoms. The standard InChI is InChI=1S/C13H18N2O/c1-10-5-6-12(15-7-3-4-8-15)9-13(10)14-11(2)16/h5-6,9H,3-4,7-8H2,1-2H3,(H,14,16). The predicted molar refractivity (Wildman–Crippen MR) is 66.9 cm³/mol. The lowest BCUT2D eigenvalue weighted by atomic mass is 10.1. The molecule has 0 aliphatic carbocycles. The second kappa shape index (κ2) is 4.56. The summed E-state index contributed by atoms with van der Waals surface area (Å²) in [6.45, 7) is 5.81. The van der Waals surface area contributed by atoms with Crippen LogP contribution in [0.3, 0.4) is 0 Å². The Hall–Kier alpha value is -1.51. The maximum Gasteiger partial charge on any atom is 0.221 e. The fourth-order valence-electron chi connectivity index (χ4n) is 2.11. The summed E-state index contributed by atoms with van der Waals surface area (Å²) < 4.78 is 0. The van der Waals surface area contributed by atoms with Crippen LogP contribution in [0.5, 0.6) is 0 Å². The summed E-state index contributed by atoms with van der Waals surface area (Å²) in [6.07, 6.45) is 2.53. The second-order valence-corrected chi connectivity index (χ2v) is 4.37. The van der Waals surface area contributed by atoms with Crippen molar-refractivity contribution in [1.82, 2.24) is 0 Å². The molecule has 0 radical (unpaired) electrons. The summed E-state index contributed by atoms with van der Waals surface area (Å²) in [5.74, 6) is -0.0123. The Morgan fingerprint density at radius 2 is 2.00 bits per heavy atom. The van der Waals surface area contributed by atoms with Crippen molar-refractivity contribution in [2.24, 2.45) is 0 Å². The van der Waals surface area contributed by atoms with E-state index in [1.165, 1.54) is 18.5 Å². The van der Waals surface area contributed by atoms with E-state index in [1.54, 1.807) is 6.92 Å². The summed E-state index contributed by atoms with van der Waals surface area (Å²) in [5, 5.41) is 2.87. The number of benzene rings is 1. The number of amides is 1. The number of carbonyl (C=O) groups is 1. The van der Waals surface area contributed by atoms with Gasteiger partial charge < -0.3 is 10.2 Å². The van der Waals surface area contributed by atoms with E-state index in [2.05, 4.69) is 28.4 Å². The third-order valence-corrected chi connectivity index (χ3v) is 3.00. The van der Waals surface area contributed by atoms with Crippen molar-refractivity contribution < 1.29 is 4.79 Å². The van der Waals surface area contributed by atoms with Gasteiger partial charge in [-0.15, -0.1) is 0 Å². The smallest absolute Gasteiger partial charge is 0.221 e. The molecule has 0 spiro atoms. The van der Waals surface area contributed by atoms with Crippen molar-refractivity contribution in [1.29, 1.82) is 0 Å². The first kappa shape index (κ1) is 11.0. The first-order chi connectivity index (χ1) is 7.66.